The van der Waals surface area contributed by atoms with E-state index in [9.17, 15) is 9.59 Å². The zero-order valence-corrected chi connectivity index (χ0v) is 7.82. The number of nitrogens with two attached hydrogens (primary N) is 1. The summed E-state index contributed by atoms with van der Waals surface area (Å²) in [4.78, 5) is 21.4. The molecular weight excluding hydrogens is 208 g/mol. The molecule has 0 fully saturated rings. The van der Waals surface area contributed by atoms with Crippen LogP contribution in [0.2, 0.25) is 0 Å². The lowest BCUT2D eigenvalue weighted by Crippen LogP contribution is -2.37. The Morgan fingerprint density at radius 2 is 2.43 bits per heavy atom. The minimum atomic E-state index is -1.12. The summed E-state index contributed by atoms with van der Waals surface area (Å²) >= 11 is 1.13. The van der Waals surface area contributed by atoms with Crippen LogP contribution in [0.1, 0.15) is 6.42 Å². The van der Waals surface area contributed by atoms with Gasteiger partial charge in [0.15, 0.2) is 0 Å². The number of nitrogens with one attached hydrogen (secondary N) is 1. The monoisotopic (exact) mass is 216 g/mol. The van der Waals surface area contributed by atoms with E-state index in [0.717, 1.165) is 11.3 Å². The Kier molecular flexibility index (Phi) is 3.48. The number of anilines is 1. The van der Waals surface area contributed by atoms with Crippen molar-refractivity contribution < 1.29 is 14.7 Å². The lowest BCUT2D eigenvalue weighted by atomic mass is 10.2. The van der Waals surface area contributed by atoms with E-state index in [-0.39, 0.29) is 0 Å². The van der Waals surface area contributed by atoms with Crippen LogP contribution in [0.25, 0.3) is 0 Å². The number of carboxylic acids is 1. The molecule has 1 aromatic heterocycles. The second-order valence-corrected chi connectivity index (χ2v) is 3.27. The van der Waals surface area contributed by atoms with Crippen LogP contribution in [0.15, 0.2) is 5.51 Å². The topological polar surface area (TPSA) is 118 Å². The van der Waals surface area contributed by atoms with Crippen molar-refractivity contribution in [2.75, 3.05) is 5.32 Å². The highest BCUT2D eigenvalue weighted by Gasteiger charge is 2.17. The summed E-state index contributed by atoms with van der Waals surface area (Å²) in [5.41, 5.74) is 6.74. The second-order valence-electron chi connectivity index (χ2n) is 2.44. The lowest BCUT2D eigenvalue weighted by Gasteiger charge is -2.06. The van der Waals surface area contributed by atoms with Gasteiger partial charge in [-0.1, -0.05) is 11.3 Å². The van der Waals surface area contributed by atoms with Gasteiger partial charge in [0.25, 0.3) is 0 Å². The highest BCUT2D eigenvalue weighted by Crippen LogP contribution is 2.08. The third kappa shape index (κ3) is 3.07. The van der Waals surface area contributed by atoms with Crippen LogP contribution in [0, 0.1) is 0 Å². The van der Waals surface area contributed by atoms with E-state index < -0.39 is 24.3 Å². The van der Waals surface area contributed by atoms with Gasteiger partial charge in [-0.2, -0.15) is 0 Å². The summed E-state index contributed by atoms with van der Waals surface area (Å²) in [6.45, 7) is 0. The Bertz CT molecular complexity index is 326. The van der Waals surface area contributed by atoms with Gasteiger partial charge in [-0.25, -0.2) is 0 Å². The fourth-order valence-corrected chi connectivity index (χ4v) is 1.15. The van der Waals surface area contributed by atoms with Crippen molar-refractivity contribution in [3.8, 4) is 0 Å². The van der Waals surface area contributed by atoms with Crippen molar-refractivity contribution in [1.82, 2.24) is 10.2 Å². The van der Waals surface area contributed by atoms with Gasteiger partial charge in [-0.05, 0) is 0 Å². The van der Waals surface area contributed by atoms with Gasteiger partial charge >= 0.3 is 5.97 Å². The molecule has 0 radical (unpaired) electrons. The maximum atomic E-state index is 11.2. The SMILES string of the molecule is NC(CC(=O)O)C(=O)Nc1nncs1. The van der Waals surface area contributed by atoms with Crippen LogP contribution in [-0.2, 0) is 9.59 Å². The van der Waals surface area contributed by atoms with Crippen LogP contribution in [0.5, 0.6) is 0 Å². The lowest BCUT2D eigenvalue weighted by molar-refractivity contribution is -0.138. The molecule has 1 aromatic rings. The summed E-state index contributed by atoms with van der Waals surface area (Å²) < 4.78 is 0. The molecule has 14 heavy (non-hydrogen) atoms. The molecule has 7 nitrogen and oxygen atoms in total. The predicted octanol–water partition coefficient (Wildman–Crippen LogP) is -0.721. The van der Waals surface area contributed by atoms with Gasteiger partial charge in [0.1, 0.15) is 5.51 Å². The molecule has 1 rings (SSSR count). The average molecular weight is 216 g/mol. The molecule has 76 valence electrons. The molecule has 4 N–H and O–H groups in total. The zero-order valence-electron chi connectivity index (χ0n) is 7.01. The first-order chi connectivity index (χ1) is 6.59. The van der Waals surface area contributed by atoms with Crippen molar-refractivity contribution in [3.05, 3.63) is 5.51 Å². The van der Waals surface area contributed by atoms with Crippen LogP contribution in [0.4, 0.5) is 5.13 Å². The van der Waals surface area contributed by atoms with Gasteiger partial charge in [-0.15, -0.1) is 10.2 Å². The number of hydrogen-bond acceptors (Lipinski definition) is 6. The van der Waals surface area contributed by atoms with Crippen molar-refractivity contribution in [2.45, 2.75) is 12.5 Å². The number of carbonyl (C=O) groups excluding carboxylic acids is 1. The summed E-state index contributed by atoms with van der Waals surface area (Å²) in [5.74, 6) is -1.70. The molecule has 0 aliphatic heterocycles. The molecule has 0 aromatic carbocycles. The highest BCUT2D eigenvalue weighted by molar-refractivity contribution is 7.13. The molecule has 0 aliphatic carbocycles. The number of carbonyl (C=O) groups is 2. The Morgan fingerprint density at radius 3 is 2.93 bits per heavy atom. The third-order valence-electron chi connectivity index (χ3n) is 1.32. The van der Waals surface area contributed by atoms with Crippen LogP contribution in [0.3, 0.4) is 0 Å². The largest absolute Gasteiger partial charge is 0.481 e. The Labute approximate surface area is 82.9 Å². The van der Waals surface area contributed by atoms with Gasteiger partial charge in [0, 0.05) is 0 Å². The van der Waals surface area contributed by atoms with Gasteiger partial charge < -0.3 is 10.8 Å². The quantitative estimate of drug-likeness (QED) is 0.611. The normalized spacial score (nSPS) is 12.1. The molecule has 0 spiro atoms. The first-order valence-corrected chi connectivity index (χ1v) is 4.52. The average Bonchev–Trinajstić information content (AvgIpc) is 2.55. The van der Waals surface area contributed by atoms with Crippen LogP contribution in [-0.4, -0.2) is 33.2 Å². The summed E-state index contributed by atoms with van der Waals surface area (Å²) in [6.07, 6.45) is -0.412. The summed E-state index contributed by atoms with van der Waals surface area (Å²) in [5, 5.41) is 18.1. The van der Waals surface area contributed by atoms with E-state index in [2.05, 4.69) is 15.5 Å². The molecule has 0 aliphatic rings. The minimum absolute atomic E-state index is 0.302. The number of aromatic nitrogens is 2. The summed E-state index contributed by atoms with van der Waals surface area (Å²) in [6, 6.07) is -1.07. The van der Waals surface area contributed by atoms with Crippen LogP contribution >= 0.6 is 11.3 Å². The smallest absolute Gasteiger partial charge is 0.305 e. The van der Waals surface area contributed by atoms with Crippen LogP contribution < -0.4 is 11.1 Å². The third-order valence-corrected chi connectivity index (χ3v) is 1.93. The Hall–Kier alpha value is -1.54. The van der Waals surface area contributed by atoms with E-state index in [0.29, 0.717) is 5.13 Å². The standard InChI is InChI=1S/C6H8N4O3S/c7-3(1-4(11)12)5(13)9-6-10-8-2-14-6/h2-3H,1,7H2,(H,11,12)(H,9,10,13). The summed E-state index contributed by atoms with van der Waals surface area (Å²) in [7, 11) is 0. The minimum Gasteiger partial charge on any atom is -0.481 e. The predicted molar refractivity (Wildman–Crippen MR) is 48.8 cm³/mol. The second kappa shape index (κ2) is 4.63. The van der Waals surface area contributed by atoms with E-state index in [1.807, 2.05) is 0 Å². The number of rotatable bonds is 4. The van der Waals surface area contributed by atoms with Crippen molar-refractivity contribution in [3.63, 3.8) is 0 Å². The molecule has 8 heteroatoms. The van der Waals surface area contributed by atoms with E-state index in [4.69, 9.17) is 10.8 Å². The molecule has 1 amide bonds. The number of amides is 1. The Morgan fingerprint density at radius 1 is 1.71 bits per heavy atom. The zero-order chi connectivity index (χ0) is 10.6. The number of carboxylic acid groups (broad SMARTS) is 1. The maximum Gasteiger partial charge on any atom is 0.305 e. The molecule has 1 heterocycles. The Balaban J connectivity index is 2.46. The van der Waals surface area contributed by atoms with Crippen molar-refractivity contribution in [1.29, 1.82) is 0 Å². The number of aliphatic carboxylic acids is 1. The van der Waals surface area contributed by atoms with Gasteiger partial charge in [-0.3, -0.25) is 14.9 Å². The maximum absolute atomic E-state index is 11.2. The highest BCUT2D eigenvalue weighted by atomic mass is 32.1. The fourth-order valence-electron chi connectivity index (χ4n) is 0.706. The molecule has 1 atom stereocenters. The first-order valence-electron chi connectivity index (χ1n) is 3.64. The first kappa shape index (κ1) is 10.5. The van der Waals surface area contributed by atoms with Crippen molar-refractivity contribution in [2.24, 2.45) is 5.73 Å². The number of nitrogens with zero attached hydrogens (tertiary/aromatic N) is 2. The van der Waals surface area contributed by atoms with E-state index in [1.165, 1.54) is 5.51 Å². The van der Waals surface area contributed by atoms with E-state index in [1.54, 1.807) is 0 Å². The number of hydrogen-bond donors (Lipinski definition) is 3. The van der Waals surface area contributed by atoms with Gasteiger partial charge in [0.05, 0.1) is 12.5 Å². The molecular formula is C6H8N4O3S. The molecule has 0 bridgehead atoms. The molecule has 0 saturated carbocycles. The fraction of sp³-hybridized carbons (Fsp3) is 0.333. The molecule has 0 saturated heterocycles. The molecule has 1 unspecified atom stereocenters. The van der Waals surface area contributed by atoms with Gasteiger partial charge in [0.2, 0.25) is 11.0 Å². The van der Waals surface area contributed by atoms with Crippen molar-refractivity contribution >= 4 is 28.3 Å². The van der Waals surface area contributed by atoms with E-state index >= 15 is 0 Å².